The zero-order chi connectivity index (χ0) is 9.59. The van der Waals surface area contributed by atoms with Crippen LogP contribution in [0.4, 0.5) is 0 Å². The summed E-state index contributed by atoms with van der Waals surface area (Å²) >= 11 is 0.725. The third-order valence-corrected chi connectivity index (χ3v) is 5.02. The molecule has 0 aliphatic carbocycles. The zero-order valence-corrected chi connectivity index (χ0v) is 13.7. The van der Waals surface area contributed by atoms with Crippen LogP contribution in [0, 0.1) is 6.92 Å². The van der Waals surface area contributed by atoms with Crippen LogP contribution in [0.1, 0.15) is 5.69 Å². The van der Waals surface area contributed by atoms with Crippen LogP contribution in [0.2, 0.25) is 0 Å². The molecule has 0 unspecified atom stereocenters. The van der Waals surface area contributed by atoms with Crippen LogP contribution in [-0.2, 0) is 0 Å². The molecule has 0 aliphatic rings. The van der Waals surface area contributed by atoms with E-state index in [1.165, 1.54) is 3.12 Å². The van der Waals surface area contributed by atoms with Gasteiger partial charge in [0.2, 0.25) is 0 Å². The summed E-state index contributed by atoms with van der Waals surface area (Å²) in [5.41, 5.74) is 2.02. The van der Waals surface area contributed by atoms with Gasteiger partial charge in [-0.3, -0.25) is 0 Å². The monoisotopic (exact) mass is 451 g/mol. The molecule has 74 valence electrons. The van der Waals surface area contributed by atoms with Crippen LogP contribution in [0.3, 0.4) is 0 Å². The minimum atomic E-state index is -0.0706. The summed E-state index contributed by atoms with van der Waals surface area (Å²) in [6.07, 6.45) is 0. The van der Waals surface area contributed by atoms with Gasteiger partial charge in [-0.05, 0) is 0 Å². The van der Waals surface area contributed by atoms with E-state index < -0.39 is 0 Å². The Balaban J connectivity index is 0.000000980. The van der Waals surface area contributed by atoms with Gasteiger partial charge in [-0.25, -0.2) is 0 Å². The van der Waals surface area contributed by atoms with Gasteiger partial charge in [0, 0.05) is 0 Å². The number of fused-ring (bicyclic) bond motifs is 1. The number of hydrogen-bond donors (Lipinski definition) is 3. The van der Waals surface area contributed by atoms with Crippen LogP contribution in [0.15, 0.2) is 12.1 Å². The normalized spacial score (nSPS) is 10.1. The predicted octanol–water partition coefficient (Wildman–Crippen LogP) is 0.992. The van der Waals surface area contributed by atoms with Crippen molar-refractivity contribution in [2.24, 2.45) is 0 Å². The van der Waals surface area contributed by atoms with Crippen molar-refractivity contribution in [3.63, 3.8) is 0 Å². The van der Waals surface area contributed by atoms with Crippen molar-refractivity contribution in [2.45, 2.75) is 6.92 Å². The fraction of sp³-hybridized carbons (Fsp3) is 0.111. The summed E-state index contributed by atoms with van der Waals surface area (Å²) in [7, 11) is 0. The van der Waals surface area contributed by atoms with Gasteiger partial charge in [0.15, 0.2) is 0 Å². The van der Waals surface area contributed by atoms with Gasteiger partial charge in [0.25, 0.3) is 0 Å². The molecule has 0 amide bonds. The van der Waals surface area contributed by atoms with Gasteiger partial charge >= 0.3 is 91.2 Å². The molecule has 0 saturated carbocycles. The van der Waals surface area contributed by atoms with E-state index in [9.17, 15) is 10.2 Å². The number of benzene rings is 1. The maximum absolute atomic E-state index is 9.31. The van der Waals surface area contributed by atoms with E-state index in [0.29, 0.717) is 0 Å². The van der Waals surface area contributed by atoms with Crippen LogP contribution in [0.5, 0.6) is 11.5 Å². The Morgan fingerprint density at radius 3 is 2.43 bits per heavy atom. The summed E-state index contributed by atoms with van der Waals surface area (Å²) in [4.78, 5) is 3.17. The number of hydrogen-bond acceptors (Lipinski definition) is 2. The Hall–Kier alpha value is -0.238. The molecular formula is C9H10BrNO2Pb. The number of H-pyrrole nitrogens is 1. The SMILES string of the molecule is Br.Cc1[nH]c2cc(O)c(O)cc2[c]1[PbH]. The number of aryl methyl sites for hydroxylation is 1. The number of nitrogens with one attached hydrogen (secondary N) is 1. The summed E-state index contributed by atoms with van der Waals surface area (Å²) in [6, 6.07) is 3.17. The Morgan fingerprint density at radius 1 is 1.21 bits per heavy atom. The Morgan fingerprint density at radius 2 is 1.79 bits per heavy atom. The molecule has 1 aromatic heterocycles. The van der Waals surface area contributed by atoms with E-state index in [0.717, 1.165) is 42.4 Å². The third-order valence-electron chi connectivity index (χ3n) is 2.13. The quantitative estimate of drug-likeness (QED) is 0.414. The molecule has 0 fully saturated rings. The number of aromatic nitrogens is 1. The van der Waals surface area contributed by atoms with Crippen molar-refractivity contribution >= 4 is 56.8 Å². The molecule has 3 N–H and O–H groups in total. The van der Waals surface area contributed by atoms with Gasteiger partial charge in [-0.15, -0.1) is 17.0 Å². The maximum atomic E-state index is 9.31. The van der Waals surface area contributed by atoms with E-state index >= 15 is 0 Å². The van der Waals surface area contributed by atoms with E-state index in [1.807, 2.05) is 6.92 Å². The first-order valence-electron chi connectivity index (χ1n) is 3.89. The van der Waals surface area contributed by atoms with Crippen molar-refractivity contribution < 1.29 is 10.2 Å². The second-order valence-corrected chi connectivity index (χ2v) is 5.29. The molecule has 1 aromatic carbocycles. The molecule has 1 heterocycles. The number of rotatable bonds is 0. The summed E-state index contributed by atoms with van der Waals surface area (Å²) in [5.74, 6) is -0.118. The van der Waals surface area contributed by atoms with Crippen molar-refractivity contribution in [1.29, 1.82) is 0 Å². The van der Waals surface area contributed by atoms with Crippen LogP contribution < -0.4 is 3.12 Å². The molecule has 14 heavy (non-hydrogen) atoms. The Kier molecular flexibility index (Phi) is 3.46. The summed E-state index contributed by atoms with van der Waals surface area (Å²) in [6.45, 7) is 2.00. The number of phenolic OH excluding ortho intramolecular Hbond substituents is 2. The van der Waals surface area contributed by atoms with Crippen molar-refractivity contribution in [1.82, 2.24) is 4.98 Å². The fourth-order valence-corrected chi connectivity index (χ4v) is 2.58. The first kappa shape index (κ1) is 11.8. The third kappa shape index (κ3) is 1.77. The molecule has 0 spiro atoms. The molecule has 0 saturated heterocycles. The second-order valence-electron chi connectivity index (χ2n) is 3.05. The van der Waals surface area contributed by atoms with E-state index in [2.05, 4.69) is 4.98 Å². The van der Waals surface area contributed by atoms with Gasteiger partial charge < -0.3 is 0 Å². The molecule has 2 aromatic rings. The molecule has 0 bridgehead atoms. The van der Waals surface area contributed by atoms with Crippen molar-refractivity contribution in [3.8, 4) is 11.5 Å². The van der Waals surface area contributed by atoms with E-state index in [-0.39, 0.29) is 28.5 Å². The molecule has 0 atom stereocenters. The van der Waals surface area contributed by atoms with Crippen molar-refractivity contribution in [3.05, 3.63) is 17.8 Å². The molecule has 2 radical (unpaired) electrons. The van der Waals surface area contributed by atoms with E-state index in [1.54, 1.807) is 12.1 Å². The number of aromatic amines is 1. The standard InChI is InChI=1S/C9H8NO2.BrH.Pb.H/c1-5-2-6-3-8(11)9(12)4-7(6)10-5;;;/h3-4,10-12H,1H3;1H;;. The second kappa shape index (κ2) is 4.10. The fourth-order valence-electron chi connectivity index (χ4n) is 1.37. The first-order chi connectivity index (χ1) is 6.09. The minimum absolute atomic E-state index is 0. The van der Waals surface area contributed by atoms with Gasteiger partial charge in [-0.1, -0.05) is 0 Å². The average molecular weight is 451 g/mol. The summed E-state index contributed by atoms with van der Waals surface area (Å²) < 4.78 is 1.27. The van der Waals surface area contributed by atoms with E-state index in [4.69, 9.17) is 0 Å². The molecule has 5 heteroatoms. The van der Waals surface area contributed by atoms with Crippen molar-refractivity contribution in [2.75, 3.05) is 0 Å². The van der Waals surface area contributed by atoms with Gasteiger partial charge in [0.1, 0.15) is 0 Å². The van der Waals surface area contributed by atoms with Gasteiger partial charge in [-0.2, -0.15) is 0 Å². The average Bonchev–Trinajstić information content (AvgIpc) is 2.32. The molecule has 3 nitrogen and oxygen atoms in total. The summed E-state index contributed by atoms with van der Waals surface area (Å²) in [5, 5.41) is 19.6. The number of halogens is 1. The molecular weight excluding hydrogens is 441 g/mol. The van der Waals surface area contributed by atoms with Gasteiger partial charge in [0.05, 0.1) is 0 Å². The van der Waals surface area contributed by atoms with Crippen LogP contribution in [-0.4, -0.2) is 41.0 Å². The number of aromatic hydroxyl groups is 2. The Labute approximate surface area is 108 Å². The Bertz CT molecular complexity index is 481. The topological polar surface area (TPSA) is 56.2 Å². The number of phenols is 2. The first-order valence-corrected chi connectivity index (χ1v) is 6.14. The van der Waals surface area contributed by atoms with Crippen LogP contribution >= 0.6 is 17.0 Å². The molecule has 0 aliphatic heterocycles. The van der Waals surface area contributed by atoms with Crippen LogP contribution in [0.25, 0.3) is 10.9 Å². The zero-order valence-electron chi connectivity index (χ0n) is 7.53. The predicted molar refractivity (Wildman–Crippen MR) is 63.5 cm³/mol. The molecule has 2 rings (SSSR count).